The summed E-state index contributed by atoms with van der Waals surface area (Å²) in [5, 5.41) is 9.97. The van der Waals surface area contributed by atoms with Crippen molar-refractivity contribution < 1.29 is 14.6 Å². The van der Waals surface area contributed by atoms with Crippen LogP contribution in [0, 0.1) is 0 Å². The molecule has 1 N–H and O–H groups in total. The number of carboxylic acid groups (broad SMARTS) is 1. The van der Waals surface area contributed by atoms with Crippen molar-refractivity contribution in [3.8, 4) is 5.75 Å². The summed E-state index contributed by atoms with van der Waals surface area (Å²) >= 11 is 0. The zero-order chi connectivity index (χ0) is 13.3. The number of carboxylic acids is 1. The van der Waals surface area contributed by atoms with Crippen molar-refractivity contribution in [2.24, 2.45) is 0 Å². The number of hydrogen-bond donors (Lipinski definition) is 1. The summed E-state index contributed by atoms with van der Waals surface area (Å²) in [6.45, 7) is 0. The van der Waals surface area contributed by atoms with Crippen LogP contribution in [0.5, 0.6) is 5.75 Å². The van der Waals surface area contributed by atoms with Gasteiger partial charge < -0.3 is 14.7 Å². The minimum absolute atomic E-state index is 0.181. The lowest BCUT2D eigenvalue weighted by molar-refractivity contribution is 0.0697. The van der Waals surface area contributed by atoms with Crippen LogP contribution in [-0.2, 0) is 0 Å². The highest BCUT2D eigenvalue weighted by Gasteiger charge is 2.17. The van der Waals surface area contributed by atoms with Crippen molar-refractivity contribution in [2.45, 2.75) is 0 Å². The first kappa shape index (κ1) is 12.2. The third kappa shape index (κ3) is 1.84. The number of hydrogen-bond acceptors (Lipinski definition) is 4. The van der Waals surface area contributed by atoms with E-state index in [4.69, 9.17) is 4.74 Å². The van der Waals surface area contributed by atoms with E-state index in [0.29, 0.717) is 17.0 Å². The second kappa shape index (κ2) is 4.52. The minimum atomic E-state index is -0.990. The van der Waals surface area contributed by atoms with E-state index in [-0.39, 0.29) is 5.56 Å². The van der Waals surface area contributed by atoms with Gasteiger partial charge in [-0.3, -0.25) is 4.98 Å². The summed E-state index contributed by atoms with van der Waals surface area (Å²) in [7, 11) is 5.18. The van der Waals surface area contributed by atoms with Crippen LogP contribution < -0.4 is 9.64 Å². The molecule has 0 aliphatic heterocycles. The summed E-state index contributed by atoms with van der Waals surface area (Å²) in [6.07, 6.45) is 1.36. The zero-order valence-electron chi connectivity index (χ0n) is 10.5. The molecule has 0 radical (unpaired) electrons. The van der Waals surface area contributed by atoms with E-state index in [2.05, 4.69) is 4.98 Å². The molecule has 0 saturated carbocycles. The molecule has 0 unspecified atom stereocenters. The quantitative estimate of drug-likeness (QED) is 0.897. The Morgan fingerprint density at radius 1 is 1.39 bits per heavy atom. The largest absolute Gasteiger partial charge is 0.494 e. The van der Waals surface area contributed by atoms with Gasteiger partial charge in [0.2, 0.25) is 0 Å². The molecule has 18 heavy (non-hydrogen) atoms. The molecule has 1 aromatic carbocycles. The molecule has 0 fully saturated rings. The summed E-state index contributed by atoms with van der Waals surface area (Å²) < 4.78 is 5.23. The van der Waals surface area contributed by atoms with Crippen LogP contribution in [0.25, 0.3) is 10.9 Å². The third-order valence-electron chi connectivity index (χ3n) is 2.73. The molecule has 0 atom stereocenters. The number of aromatic nitrogens is 1. The Hall–Kier alpha value is -2.30. The van der Waals surface area contributed by atoms with Crippen LogP contribution in [0.4, 0.5) is 5.69 Å². The number of fused-ring (bicyclic) bond motifs is 1. The molecule has 0 bridgehead atoms. The van der Waals surface area contributed by atoms with Crippen LogP contribution in [0.2, 0.25) is 0 Å². The van der Waals surface area contributed by atoms with Crippen molar-refractivity contribution in [1.82, 2.24) is 4.98 Å². The van der Waals surface area contributed by atoms with E-state index >= 15 is 0 Å². The summed E-state index contributed by atoms with van der Waals surface area (Å²) in [5.41, 5.74) is 1.47. The molecular weight excluding hydrogens is 232 g/mol. The van der Waals surface area contributed by atoms with Gasteiger partial charge in [0.05, 0.1) is 12.8 Å². The Labute approximate surface area is 105 Å². The van der Waals surface area contributed by atoms with E-state index in [1.807, 2.05) is 12.1 Å². The lowest BCUT2D eigenvalue weighted by atomic mass is 10.1. The third-order valence-corrected chi connectivity index (χ3v) is 2.73. The van der Waals surface area contributed by atoms with Crippen LogP contribution in [0.1, 0.15) is 10.4 Å². The Morgan fingerprint density at radius 3 is 2.67 bits per heavy atom. The van der Waals surface area contributed by atoms with Crippen molar-refractivity contribution in [1.29, 1.82) is 0 Å². The number of aromatic carboxylic acids is 1. The Morgan fingerprint density at radius 2 is 2.11 bits per heavy atom. The maximum absolute atomic E-state index is 11.2. The van der Waals surface area contributed by atoms with Crippen LogP contribution in [0.15, 0.2) is 24.4 Å². The fourth-order valence-corrected chi connectivity index (χ4v) is 1.98. The number of benzene rings is 1. The van der Waals surface area contributed by atoms with Gasteiger partial charge in [-0.05, 0) is 6.07 Å². The number of methoxy groups -OCH3 is 1. The molecular formula is C13H14N2O3. The highest BCUT2D eigenvalue weighted by molar-refractivity contribution is 6.05. The topological polar surface area (TPSA) is 62.7 Å². The second-order valence-electron chi connectivity index (χ2n) is 4.08. The van der Waals surface area contributed by atoms with E-state index in [0.717, 1.165) is 5.39 Å². The van der Waals surface area contributed by atoms with E-state index in [9.17, 15) is 9.90 Å². The summed E-state index contributed by atoms with van der Waals surface area (Å²) in [5.74, 6) is -0.358. The zero-order valence-corrected chi connectivity index (χ0v) is 10.5. The summed E-state index contributed by atoms with van der Waals surface area (Å²) in [4.78, 5) is 17.2. The molecule has 0 aliphatic rings. The SMILES string of the molecule is COc1cccc2c(N(C)C)c(C(=O)O)cnc12. The normalized spacial score (nSPS) is 10.4. The van der Waals surface area contributed by atoms with Gasteiger partial charge in [-0.15, -0.1) is 0 Å². The molecule has 94 valence electrons. The lowest BCUT2D eigenvalue weighted by Crippen LogP contribution is -2.15. The molecule has 1 heterocycles. The highest BCUT2D eigenvalue weighted by Crippen LogP contribution is 2.32. The van der Waals surface area contributed by atoms with Gasteiger partial charge in [0, 0.05) is 25.7 Å². The van der Waals surface area contributed by atoms with Crippen molar-refractivity contribution in [3.63, 3.8) is 0 Å². The van der Waals surface area contributed by atoms with Crippen LogP contribution >= 0.6 is 0 Å². The number of pyridine rings is 1. The van der Waals surface area contributed by atoms with Crippen LogP contribution in [0.3, 0.4) is 0 Å². The second-order valence-corrected chi connectivity index (χ2v) is 4.08. The van der Waals surface area contributed by atoms with Crippen molar-refractivity contribution in [2.75, 3.05) is 26.1 Å². The van der Waals surface area contributed by atoms with E-state index in [1.165, 1.54) is 6.20 Å². The number of ether oxygens (including phenoxy) is 1. The smallest absolute Gasteiger partial charge is 0.339 e. The van der Waals surface area contributed by atoms with E-state index in [1.54, 1.807) is 32.2 Å². The Kier molecular flexibility index (Phi) is 3.06. The maximum atomic E-state index is 11.2. The maximum Gasteiger partial charge on any atom is 0.339 e. The standard InChI is InChI=1S/C13H14N2O3/c1-15(2)12-8-5-4-6-10(18-3)11(8)14-7-9(12)13(16)17/h4-7H,1-3H3,(H,16,17). The number of nitrogens with zero attached hydrogens (tertiary/aromatic N) is 2. The average Bonchev–Trinajstić information content (AvgIpc) is 2.35. The molecule has 5 heteroatoms. The first-order valence-corrected chi connectivity index (χ1v) is 5.42. The van der Waals surface area contributed by atoms with Crippen molar-refractivity contribution in [3.05, 3.63) is 30.0 Å². The molecule has 2 aromatic rings. The van der Waals surface area contributed by atoms with Gasteiger partial charge in [-0.25, -0.2) is 4.79 Å². The molecule has 0 amide bonds. The molecule has 0 spiro atoms. The van der Waals surface area contributed by atoms with Gasteiger partial charge in [0.1, 0.15) is 16.8 Å². The highest BCUT2D eigenvalue weighted by atomic mass is 16.5. The number of carbonyl (C=O) groups is 1. The Balaban J connectivity index is 2.86. The number of rotatable bonds is 3. The average molecular weight is 246 g/mol. The van der Waals surface area contributed by atoms with Crippen molar-refractivity contribution >= 4 is 22.6 Å². The van der Waals surface area contributed by atoms with Gasteiger partial charge >= 0.3 is 5.97 Å². The van der Waals surface area contributed by atoms with E-state index < -0.39 is 5.97 Å². The molecule has 0 aliphatic carbocycles. The number of anilines is 1. The van der Waals surface area contributed by atoms with Gasteiger partial charge in [-0.1, -0.05) is 12.1 Å². The fraction of sp³-hybridized carbons (Fsp3) is 0.231. The Bertz CT molecular complexity index is 608. The van der Waals surface area contributed by atoms with Gasteiger partial charge in [0.15, 0.2) is 0 Å². The van der Waals surface area contributed by atoms with Crippen LogP contribution in [-0.4, -0.2) is 37.3 Å². The first-order chi connectivity index (χ1) is 8.56. The molecule has 2 rings (SSSR count). The fourth-order valence-electron chi connectivity index (χ4n) is 1.98. The first-order valence-electron chi connectivity index (χ1n) is 5.42. The lowest BCUT2D eigenvalue weighted by Gasteiger charge is -2.18. The minimum Gasteiger partial charge on any atom is -0.494 e. The predicted octanol–water partition coefficient (Wildman–Crippen LogP) is 2.01. The van der Waals surface area contributed by atoms with Gasteiger partial charge in [0.25, 0.3) is 0 Å². The molecule has 5 nitrogen and oxygen atoms in total. The monoisotopic (exact) mass is 246 g/mol. The predicted molar refractivity (Wildman–Crippen MR) is 69.6 cm³/mol. The molecule has 0 saturated heterocycles. The summed E-state index contributed by atoms with van der Waals surface area (Å²) in [6, 6.07) is 5.46. The van der Waals surface area contributed by atoms with Gasteiger partial charge in [-0.2, -0.15) is 0 Å². The number of para-hydroxylation sites is 1. The molecule has 1 aromatic heterocycles.